The Balaban J connectivity index is 2.36. The fourth-order valence-electron chi connectivity index (χ4n) is 0.998. The number of hydrogen-bond acceptors (Lipinski definition) is 5. The van der Waals surface area contributed by atoms with Crippen LogP contribution in [0.25, 0.3) is 0 Å². The van der Waals surface area contributed by atoms with Crippen LogP contribution in [-0.4, -0.2) is 20.1 Å². The number of rotatable bonds is 1. The normalized spacial score (nSPS) is 16.5. The van der Waals surface area contributed by atoms with Gasteiger partial charge in [0.2, 0.25) is 5.17 Å². The first-order chi connectivity index (χ1) is 6.81. The van der Waals surface area contributed by atoms with Crippen LogP contribution in [0.15, 0.2) is 28.2 Å². The van der Waals surface area contributed by atoms with Crippen molar-refractivity contribution in [2.24, 2.45) is 4.99 Å². The maximum atomic E-state index is 11.5. The lowest BCUT2D eigenvalue weighted by Crippen LogP contribution is -2.24. The molecule has 2 heterocycles. The van der Waals surface area contributed by atoms with Crippen molar-refractivity contribution < 1.29 is 4.21 Å². The van der Waals surface area contributed by atoms with Gasteiger partial charge in [0.1, 0.15) is 0 Å². The molecule has 1 unspecified atom stereocenters. The minimum absolute atomic E-state index is 0.503. The summed E-state index contributed by atoms with van der Waals surface area (Å²) in [5, 5.41) is 0.503. The molecule has 0 saturated carbocycles. The highest BCUT2D eigenvalue weighted by atomic mass is 32.2. The molecule has 1 aromatic heterocycles. The molecule has 14 heavy (non-hydrogen) atoms. The first-order valence-electron chi connectivity index (χ1n) is 4.16. The quantitative estimate of drug-likeness (QED) is 0.738. The zero-order valence-electron chi connectivity index (χ0n) is 7.56. The highest BCUT2D eigenvalue weighted by Gasteiger charge is 2.16. The largest absolute Gasteiger partial charge is 0.302 e. The van der Waals surface area contributed by atoms with Crippen LogP contribution < -0.4 is 4.72 Å². The lowest BCUT2D eigenvalue weighted by molar-refractivity contribution is 0.690. The number of amidine groups is 1. The highest BCUT2D eigenvalue weighted by Crippen LogP contribution is 2.28. The molecule has 0 bridgehead atoms. The number of fused-ring (bicyclic) bond motifs is 1. The zero-order chi connectivity index (χ0) is 9.97. The second-order valence-corrected chi connectivity index (χ2v) is 5.08. The van der Waals surface area contributed by atoms with Crippen molar-refractivity contribution >= 4 is 33.7 Å². The van der Waals surface area contributed by atoms with E-state index in [1.807, 2.05) is 19.1 Å². The molecular formula is C8H9N3OS2. The molecule has 0 aliphatic carbocycles. The van der Waals surface area contributed by atoms with Crippen molar-refractivity contribution in [2.75, 3.05) is 5.75 Å². The predicted molar refractivity (Wildman–Crippen MR) is 59.0 cm³/mol. The number of nitrogens with one attached hydrogen (secondary N) is 1. The summed E-state index contributed by atoms with van der Waals surface area (Å²) in [5.41, 5.74) is 0. The first kappa shape index (κ1) is 9.67. The maximum absolute atomic E-state index is 11.5. The van der Waals surface area contributed by atoms with Gasteiger partial charge in [0.05, 0.1) is 15.7 Å². The van der Waals surface area contributed by atoms with Crippen molar-refractivity contribution in [1.29, 1.82) is 0 Å². The van der Waals surface area contributed by atoms with Crippen LogP contribution in [0.1, 0.15) is 6.92 Å². The van der Waals surface area contributed by atoms with Gasteiger partial charge in [-0.05, 0) is 24.1 Å². The van der Waals surface area contributed by atoms with Gasteiger partial charge in [-0.1, -0.05) is 6.92 Å². The lowest BCUT2D eigenvalue weighted by Gasteiger charge is -2.13. The Labute approximate surface area is 88.8 Å². The van der Waals surface area contributed by atoms with Crippen LogP contribution in [-0.2, 0) is 10.8 Å². The van der Waals surface area contributed by atoms with Gasteiger partial charge >= 0.3 is 0 Å². The minimum Gasteiger partial charge on any atom is -0.302 e. The van der Waals surface area contributed by atoms with Gasteiger partial charge in [0.25, 0.3) is 0 Å². The average molecular weight is 227 g/mol. The monoisotopic (exact) mass is 227 g/mol. The fraction of sp³-hybridized carbons (Fsp3) is 0.250. The summed E-state index contributed by atoms with van der Waals surface area (Å²) >= 11 is 1.40. The molecular weight excluding hydrogens is 218 g/mol. The van der Waals surface area contributed by atoms with E-state index in [9.17, 15) is 4.21 Å². The summed E-state index contributed by atoms with van der Waals surface area (Å²) in [4.78, 5) is 9.26. The molecule has 0 radical (unpaired) electrons. The molecule has 2 rings (SSSR count). The van der Waals surface area contributed by atoms with Crippen LogP contribution in [0, 0.1) is 0 Å². The molecule has 1 N–H and O–H groups in total. The number of nitrogens with zero attached hydrogens (tertiary/aromatic N) is 2. The summed E-state index contributed by atoms with van der Waals surface area (Å²) in [7, 11) is -1.04. The van der Waals surface area contributed by atoms with Crippen molar-refractivity contribution in [2.45, 2.75) is 11.8 Å². The number of aliphatic imine (C=N–C) groups is 1. The second kappa shape index (κ2) is 4.10. The minimum atomic E-state index is -1.04. The van der Waals surface area contributed by atoms with E-state index in [1.54, 1.807) is 6.20 Å². The molecule has 74 valence electrons. The molecule has 1 aliphatic heterocycles. The van der Waals surface area contributed by atoms with Crippen molar-refractivity contribution in [3.05, 3.63) is 18.3 Å². The van der Waals surface area contributed by atoms with Gasteiger partial charge < -0.3 is 4.72 Å². The van der Waals surface area contributed by atoms with Crippen molar-refractivity contribution in [1.82, 2.24) is 9.71 Å². The zero-order valence-corrected chi connectivity index (χ0v) is 9.19. The SMILES string of the molecule is CCS(=O)C1=Nc2ncccc2SN1. The number of aromatic nitrogens is 1. The molecule has 0 saturated heterocycles. The first-order valence-corrected chi connectivity index (χ1v) is 6.29. The molecule has 1 atom stereocenters. The molecule has 6 heteroatoms. The fourth-order valence-corrected chi connectivity index (χ4v) is 2.54. The van der Waals surface area contributed by atoms with E-state index in [-0.39, 0.29) is 0 Å². The topological polar surface area (TPSA) is 54.4 Å². The van der Waals surface area contributed by atoms with Gasteiger partial charge in [-0.2, -0.15) is 0 Å². The third-order valence-electron chi connectivity index (χ3n) is 1.68. The Bertz CT molecular complexity index is 405. The standard InChI is InChI=1S/C8H9N3OS2/c1-2-14(12)8-10-7-6(13-11-8)4-3-5-9-7/h3-5H,2H2,1H3,(H,9,10,11). The van der Waals surface area contributed by atoms with E-state index < -0.39 is 10.8 Å². The van der Waals surface area contributed by atoms with Gasteiger partial charge in [-0.25, -0.2) is 9.98 Å². The van der Waals surface area contributed by atoms with Crippen LogP contribution in [0.2, 0.25) is 0 Å². The van der Waals surface area contributed by atoms with Crippen LogP contribution >= 0.6 is 11.9 Å². The lowest BCUT2D eigenvalue weighted by atomic mass is 10.5. The van der Waals surface area contributed by atoms with Crippen LogP contribution in [0.4, 0.5) is 5.82 Å². The third-order valence-corrected chi connectivity index (χ3v) is 3.80. The molecule has 0 amide bonds. The van der Waals surface area contributed by atoms with Gasteiger partial charge in [0.15, 0.2) is 5.82 Å². The Morgan fingerprint density at radius 1 is 1.64 bits per heavy atom. The summed E-state index contributed by atoms with van der Waals surface area (Å²) in [6, 6.07) is 3.78. The molecule has 0 spiro atoms. The van der Waals surface area contributed by atoms with Crippen molar-refractivity contribution in [3.8, 4) is 0 Å². The van der Waals surface area contributed by atoms with Gasteiger partial charge in [-0.3, -0.25) is 4.21 Å². The summed E-state index contributed by atoms with van der Waals surface area (Å²) in [5.74, 6) is 1.21. The van der Waals surface area contributed by atoms with E-state index in [0.717, 1.165) is 4.90 Å². The van der Waals surface area contributed by atoms with Crippen LogP contribution in [0.3, 0.4) is 0 Å². The van der Waals surface area contributed by atoms with E-state index in [1.165, 1.54) is 11.9 Å². The molecule has 1 aliphatic rings. The Morgan fingerprint density at radius 3 is 3.29 bits per heavy atom. The van der Waals surface area contributed by atoms with Crippen LogP contribution in [0.5, 0.6) is 0 Å². The molecule has 1 aromatic rings. The molecule has 0 aromatic carbocycles. The summed E-state index contributed by atoms with van der Waals surface area (Å²) < 4.78 is 14.4. The Hall–Kier alpha value is -0.880. The smallest absolute Gasteiger partial charge is 0.204 e. The highest BCUT2D eigenvalue weighted by molar-refractivity contribution is 8.05. The molecule has 4 nitrogen and oxygen atoms in total. The van der Waals surface area contributed by atoms with E-state index in [4.69, 9.17) is 0 Å². The third kappa shape index (κ3) is 1.80. The summed E-state index contributed by atoms with van der Waals surface area (Å²) in [6.07, 6.45) is 1.68. The second-order valence-electron chi connectivity index (χ2n) is 2.58. The van der Waals surface area contributed by atoms with E-state index in [2.05, 4.69) is 14.7 Å². The van der Waals surface area contributed by atoms with Crippen molar-refractivity contribution in [3.63, 3.8) is 0 Å². The maximum Gasteiger partial charge on any atom is 0.204 e. The molecule has 0 fully saturated rings. The predicted octanol–water partition coefficient (Wildman–Crippen LogP) is 1.45. The Kier molecular flexibility index (Phi) is 2.83. The number of pyridine rings is 1. The van der Waals surface area contributed by atoms with Gasteiger partial charge in [0, 0.05) is 11.9 Å². The van der Waals surface area contributed by atoms with Gasteiger partial charge in [-0.15, -0.1) is 0 Å². The van der Waals surface area contributed by atoms with E-state index >= 15 is 0 Å². The average Bonchev–Trinajstić information content (AvgIpc) is 2.27. The summed E-state index contributed by atoms with van der Waals surface area (Å²) in [6.45, 7) is 1.86. The Morgan fingerprint density at radius 2 is 2.50 bits per heavy atom. The number of hydrogen-bond donors (Lipinski definition) is 1. The van der Waals surface area contributed by atoms with E-state index in [0.29, 0.717) is 16.7 Å².